The van der Waals surface area contributed by atoms with Crippen molar-refractivity contribution in [2.75, 3.05) is 26.2 Å². The van der Waals surface area contributed by atoms with Gasteiger partial charge in [0.2, 0.25) is 5.91 Å². The van der Waals surface area contributed by atoms with Crippen LogP contribution in [-0.4, -0.2) is 42.8 Å². The van der Waals surface area contributed by atoms with Crippen LogP contribution in [0, 0.1) is 25.7 Å². The normalized spacial score (nSPS) is 22.6. The van der Waals surface area contributed by atoms with Gasteiger partial charge in [-0.25, -0.2) is 0 Å². The van der Waals surface area contributed by atoms with Crippen LogP contribution in [-0.2, 0) is 4.79 Å². The van der Waals surface area contributed by atoms with Crippen molar-refractivity contribution in [2.24, 2.45) is 11.8 Å². The van der Waals surface area contributed by atoms with Crippen LogP contribution in [0.15, 0.2) is 18.2 Å². The van der Waals surface area contributed by atoms with E-state index < -0.39 is 0 Å². The number of carbonyl (C=O) groups is 2. The highest BCUT2D eigenvalue weighted by Gasteiger charge is 2.37. The molecule has 0 spiro atoms. The molecule has 2 atom stereocenters. The van der Waals surface area contributed by atoms with Gasteiger partial charge in [-0.2, -0.15) is 0 Å². The SMILES string of the molecule is Cc1ccc(C)c(C(=O)CCC(=O)N2C[C@H]3CNC[C@H]3C2)c1.Cl. The summed E-state index contributed by atoms with van der Waals surface area (Å²) in [5.74, 6) is 1.43. The summed E-state index contributed by atoms with van der Waals surface area (Å²) in [6, 6.07) is 5.90. The van der Waals surface area contributed by atoms with E-state index in [2.05, 4.69) is 5.32 Å². The molecule has 2 aliphatic rings. The summed E-state index contributed by atoms with van der Waals surface area (Å²) in [6.07, 6.45) is 0.645. The van der Waals surface area contributed by atoms with Crippen LogP contribution in [0.1, 0.15) is 34.3 Å². The zero-order valence-corrected chi connectivity index (χ0v) is 14.6. The lowest BCUT2D eigenvalue weighted by molar-refractivity contribution is -0.130. The van der Waals surface area contributed by atoms with Crippen molar-refractivity contribution >= 4 is 24.1 Å². The van der Waals surface area contributed by atoms with E-state index in [0.29, 0.717) is 24.7 Å². The lowest BCUT2D eigenvalue weighted by Crippen LogP contribution is -2.32. The van der Waals surface area contributed by atoms with Crippen LogP contribution in [0.4, 0.5) is 0 Å². The summed E-state index contributed by atoms with van der Waals surface area (Å²) < 4.78 is 0. The van der Waals surface area contributed by atoms with E-state index in [0.717, 1.165) is 42.9 Å². The Balaban J connectivity index is 0.00000192. The van der Waals surface area contributed by atoms with Crippen LogP contribution in [0.2, 0.25) is 0 Å². The number of halogens is 1. The van der Waals surface area contributed by atoms with Gasteiger partial charge in [0.05, 0.1) is 0 Å². The van der Waals surface area contributed by atoms with Crippen LogP contribution in [0.25, 0.3) is 0 Å². The average molecular weight is 337 g/mol. The number of fused-ring (bicyclic) bond motifs is 1. The zero-order chi connectivity index (χ0) is 15.7. The summed E-state index contributed by atoms with van der Waals surface area (Å²) in [7, 11) is 0. The lowest BCUT2D eigenvalue weighted by atomic mass is 9.99. The zero-order valence-electron chi connectivity index (χ0n) is 13.8. The van der Waals surface area contributed by atoms with E-state index in [1.165, 1.54) is 0 Å². The summed E-state index contributed by atoms with van der Waals surface area (Å²) in [5.41, 5.74) is 2.83. The van der Waals surface area contributed by atoms with Crippen LogP contribution >= 0.6 is 12.4 Å². The molecule has 0 aliphatic carbocycles. The van der Waals surface area contributed by atoms with Gasteiger partial charge in [0.25, 0.3) is 0 Å². The maximum atomic E-state index is 12.4. The van der Waals surface area contributed by atoms with Crippen LogP contribution in [0.5, 0.6) is 0 Å². The number of amides is 1. The number of nitrogens with one attached hydrogen (secondary N) is 1. The van der Waals surface area contributed by atoms with E-state index >= 15 is 0 Å². The molecule has 1 aromatic rings. The fourth-order valence-electron chi connectivity index (χ4n) is 3.61. The first-order valence-corrected chi connectivity index (χ1v) is 8.13. The Morgan fingerprint density at radius 1 is 1.13 bits per heavy atom. The number of Topliss-reactive ketones (excluding diaryl/α,β-unsaturated/α-hetero) is 1. The summed E-state index contributed by atoms with van der Waals surface area (Å²) in [6.45, 7) is 7.69. The van der Waals surface area contributed by atoms with Gasteiger partial charge < -0.3 is 10.2 Å². The van der Waals surface area contributed by atoms with Crippen molar-refractivity contribution in [3.63, 3.8) is 0 Å². The first-order chi connectivity index (χ1) is 10.5. The topological polar surface area (TPSA) is 49.4 Å². The van der Waals surface area contributed by atoms with Crippen molar-refractivity contribution in [1.29, 1.82) is 0 Å². The summed E-state index contributed by atoms with van der Waals surface area (Å²) in [4.78, 5) is 26.6. The molecule has 4 nitrogen and oxygen atoms in total. The highest BCUT2D eigenvalue weighted by atomic mass is 35.5. The Hall–Kier alpha value is -1.39. The number of hydrogen-bond acceptors (Lipinski definition) is 3. The molecule has 0 radical (unpaired) electrons. The predicted octanol–water partition coefficient (Wildman–Crippen LogP) is 2.37. The lowest BCUT2D eigenvalue weighted by Gasteiger charge is -2.17. The molecule has 2 aliphatic heterocycles. The Morgan fingerprint density at radius 2 is 1.78 bits per heavy atom. The molecule has 23 heavy (non-hydrogen) atoms. The van der Waals surface area contributed by atoms with Crippen LogP contribution in [0.3, 0.4) is 0 Å². The van der Waals surface area contributed by atoms with Gasteiger partial charge in [0, 0.05) is 44.6 Å². The first kappa shape index (κ1) is 18.0. The molecule has 3 rings (SSSR count). The number of ketones is 1. The van der Waals surface area contributed by atoms with Gasteiger partial charge in [-0.05, 0) is 37.3 Å². The third-order valence-electron chi connectivity index (χ3n) is 5.00. The predicted molar refractivity (Wildman–Crippen MR) is 93.2 cm³/mol. The molecule has 1 amide bonds. The molecule has 1 aromatic carbocycles. The highest BCUT2D eigenvalue weighted by molar-refractivity contribution is 5.99. The number of nitrogens with zero attached hydrogens (tertiary/aromatic N) is 1. The van der Waals surface area contributed by atoms with Crippen molar-refractivity contribution in [2.45, 2.75) is 26.7 Å². The molecular formula is C18H25ClN2O2. The van der Waals surface area contributed by atoms with Crippen molar-refractivity contribution in [1.82, 2.24) is 10.2 Å². The Morgan fingerprint density at radius 3 is 2.43 bits per heavy atom. The number of rotatable bonds is 4. The van der Waals surface area contributed by atoms with Gasteiger partial charge in [0.15, 0.2) is 5.78 Å². The number of aryl methyl sites for hydroxylation is 2. The van der Waals surface area contributed by atoms with E-state index in [1.54, 1.807) is 0 Å². The van der Waals surface area contributed by atoms with E-state index in [1.807, 2.05) is 36.9 Å². The number of carbonyl (C=O) groups excluding carboxylic acids is 2. The minimum atomic E-state index is 0. The molecule has 2 heterocycles. The fourth-order valence-corrected chi connectivity index (χ4v) is 3.61. The maximum Gasteiger partial charge on any atom is 0.223 e. The Kier molecular flexibility index (Phi) is 5.82. The molecule has 0 saturated carbocycles. The number of hydrogen-bond donors (Lipinski definition) is 1. The molecule has 0 bridgehead atoms. The third kappa shape index (κ3) is 3.93. The second kappa shape index (κ2) is 7.45. The minimum Gasteiger partial charge on any atom is -0.342 e. The van der Waals surface area contributed by atoms with Gasteiger partial charge in [-0.1, -0.05) is 17.7 Å². The van der Waals surface area contributed by atoms with Crippen molar-refractivity contribution in [3.8, 4) is 0 Å². The second-order valence-corrected chi connectivity index (χ2v) is 6.72. The van der Waals surface area contributed by atoms with Crippen molar-refractivity contribution < 1.29 is 9.59 Å². The Bertz CT molecular complexity index is 591. The molecule has 126 valence electrons. The molecule has 0 unspecified atom stereocenters. The summed E-state index contributed by atoms with van der Waals surface area (Å²) >= 11 is 0. The van der Waals surface area contributed by atoms with Gasteiger partial charge >= 0.3 is 0 Å². The number of benzene rings is 1. The molecular weight excluding hydrogens is 312 g/mol. The maximum absolute atomic E-state index is 12.4. The van der Waals surface area contributed by atoms with E-state index in [4.69, 9.17) is 0 Å². The molecule has 2 saturated heterocycles. The quantitative estimate of drug-likeness (QED) is 0.859. The smallest absolute Gasteiger partial charge is 0.223 e. The molecule has 0 aromatic heterocycles. The molecule has 2 fully saturated rings. The van der Waals surface area contributed by atoms with Crippen LogP contribution < -0.4 is 5.32 Å². The minimum absolute atomic E-state index is 0. The van der Waals surface area contributed by atoms with Gasteiger partial charge in [-0.15, -0.1) is 12.4 Å². The van der Waals surface area contributed by atoms with E-state index in [-0.39, 0.29) is 24.1 Å². The van der Waals surface area contributed by atoms with Gasteiger partial charge in [-0.3, -0.25) is 9.59 Å². The third-order valence-corrected chi connectivity index (χ3v) is 5.00. The largest absolute Gasteiger partial charge is 0.342 e. The van der Waals surface area contributed by atoms with Crippen molar-refractivity contribution in [3.05, 3.63) is 34.9 Å². The number of likely N-dealkylation sites (tertiary alicyclic amines) is 1. The molecule has 5 heteroatoms. The Labute approximate surface area is 144 Å². The standard InChI is InChI=1S/C18H24N2O2.ClH/c1-12-3-4-13(2)16(7-12)17(21)5-6-18(22)20-10-14-8-19-9-15(14)11-20;/h3-4,7,14-15,19H,5-6,8-11H2,1-2H3;1H/t14-,15+;. The monoisotopic (exact) mass is 336 g/mol. The first-order valence-electron chi connectivity index (χ1n) is 8.13. The molecule has 1 N–H and O–H groups in total. The summed E-state index contributed by atoms with van der Waals surface area (Å²) in [5, 5.41) is 3.37. The van der Waals surface area contributed by atoms with E-state index in [9.17, 15) is 9.59 Å². The highest BCUT2D eigenvalue weighted by Crippen LogP contribution is 2.27. The average Bonchev–Trinajstić information content (AvgIpc) is 3.08. The van der Waals surface area contributed by atoms with Gasteiger partial charge in [0.1, 0.15) is 0 Å². The second-order valence-electron chi connectivity index (χ2n) is 6.72. The fraction of sp³-hybridized carbons (Fsp3) is 0.556.